The van der Waals surface area contributed by atoms with Crippen LogP contribution >= 0.6 is 0 Å². The summed E-state index contributed by atoms with van der Waals surface area (Å²) >= 11 is 0. The molecule has 0 aliphatic carbocycles. The molecule has 1 amide bonds. The Bertz CT molecular complexity index is 1400. The number of fused-ring (bicyclic) bond motifs is 1. The van der Waals surface area contributed by atoms with E-state index in [1.807, 2.05) is 4.57 Å². The first-order chi connectivity index (χ1) is 17.5. The zero-order valence-electron chi connectivity index (χ0n) is 19.7. The number of primary amides is 1. The molecule has 3 heterocycles. The molecule has 0 radical (unpaired) electrons. The maximum atomic E-state index is 13.3. The number of hydrogen-bond donors (Lipinski definition) is 3. The van der Waals surface area contributed by atoms with Crippen molar-refractivity contribution in [3.8, 4) is 11.8 Å². The second kappa shape index (κ2) is 11.6. The number of carboxylic acids is 1. The first-order valence-electron chi connectivity index (χ1n) is 11.0. The number of amides is 1. The molecule has 1 saturated heterocycles. The molecular weight excluding hydrogens is 495 g/mol. The molecule has 14 heteroatoms. The lowest BCUT2D eigenvalue weighted by atomic mass is 10.1. The van der Waals surface area contributed by atoms with Crippen molar-refractivity contribution >= 4 is 28.9 Å². The Balaban J connectivity index is 0.000000479. The number of carbonyl (C=O) groups excluding carboxylic acids is 1. The highest BCUT2D eigenvalue weighted by atomic mass is 19.4. The van der Waals surface area contributed by atoms with Crippen molar-refractivity contribution in [3.63, 3.8) is 0 Å². The number of nitrogens with one attached hydrogen (secondary N) is 1. The summed E-state index contributed by atoms with van der Waals surface area (Å²) < 4.78 is 35.0. The first-order valence-corrected chi connectivity index (χ1v) is 11.0. The van der Waals surface area contributed by atoms with Gasteiger partial charge in [0.1, 0.15) is 11.0 Å². The van der Waals surface area contributed by atoms with Gasteiger partial charge in [0.15, 0.2) is 0 Å². The Hall–Kier alpha value is -4.38. The molecule has 0 bridgehead atoms. The van der Waals surface area contributed by atoms with Crippen molar-refractivity contribution in [2.45, 2.75) is 26.2 Å². The minimum absolute atomic E-state index is 0.224. The number of anilines is 1. The predicted molar refractivity (Wildman–Crippen MR) is 128 cm³/mol. The van der Waals surface area contributed by atoms with Crippen molar-refractivity contribution < 1.29 is 27.9 Å². The van der Waals surface area contributed by atoms with Gasteiger partial charge < -0.3 is 21.1 Å². The molecule has 4 N–H and O–H groups in total. The second-order valence-electron chi connectivity index (χ2n) is 7.87. The number of carboxylic acid groups (broad SMARTS) is 1. The number of aliphatic carboxylic acids is 1. The molecule has 37 heavy (non-hydrogen) atoms. The summed E-state index contributed by atoms with van der Waals surface area (Å²) in [7, 11) is 0. The van der Waals surface area contributed by atoms with Gasteiger partial charge in [0.2, 0.25) is 11.9 Å². The van der Waals surface area contributed by atoms with Crippen LogP contribution in [0.2, 0.25) is 0 Å². The summed E-state index contributed by atoms with van der Waals surface area (Å²) in [5.74, 6) is 3.45. The molecule has 11 nitrogen and oxygen atoms in total. The predicted octanol–water partition coefficient (Wildman–Crippen LogP) is 0.806. The molecular formula is C23H24F3N7O4. The zero-order chi connectivity index (χ0) is 27.2. The average Bonchev–Trinajstić information content (AvgIpc) is 3.24. The van der Waals surface area contributed by atoms with Gasteiger partial charge in [-0.2, -0.15) is 18.3 Å². The lowest BCUT2D eigenvalue weighted by molar-refractivity contribution is -0.192. The summed E-state index contributed by atoms with van der Waals surface area (Å²) in [6.45, 7) is 5.81. The van der Waals surface area contributed by atoms with E-state index in [4.69, 9.17) is 20.6 Å². The van der Waals surface area contributed by atoms with Crippen molar-refractivity contribution in [1.82, 2.24) is 24.6 Å². The number of halogens is 3. The fourth-order valence-corrected chi connectivity index (χ4v) is 3.55. The third kappa shape index (κ3) is 6.64. The molecule has 196 valence electrons. The van der Waals surface area contributed by atoms with Crippen LogP contribution in [-0.4, -0.2) is 68.7 Å². The number of nitrogens with zero attached hydrogens (tertiary/aromatic N) is 5. The van der Waals surface area contributed by atoms with E-state index >= 15 is 0 Å². The number of piperazine rings is 1. The van der Waals surface area contributed by atoms with Gasteiger partial charge >= 0.3 is 12.1 Å². The van der Waals surface area contributed by atoms with Gasteiger partial charge in [-0.25, -0.2) is 14.5 Å². The van der Waals surface area contributed by atoms with E-state index in [9.17, 15) is 22.8 Å². The smallest absolute Gasteiger partial charge is 0.475 e. The van der Waals surface area contributed by atoms with Gasteiger partial charge in [-0.15, -0.1) is 5.92 Å². The summed E-state index contributed by atoms with van der Waals surface area (Å²) in [6, 6.07) is 6.82. The molecule has 0 atom stereocenters. The Kier molecular flexibility index (Phi) is 8.51. The van der Waals surface area contributed by atoms with Crippen molar-refractivity contribution in [2.75, 3.05) is 31.1 Å². The Morgan fingerprint density at radius 2 is 1.81 bits per heavy atom. The van der Waals surface area contributed by atoms with Gasteiger partial charge in [-0.05, 0) is 24.6 Å². The number of benzene rings is 1. The van der Waals surface area contributed by atoms with Gasteiger partial charge in [-0.3, -0.25) is 14.2 Å². The first kappa shape index (κ1) is 27.2. The normalized spacial score (nSPS) is 13.4. The Morgan fingerprint density at radius 3 is 2.35 bits per heavy atom. The molecule has 3 aromatic rings. The van der Waals surface area contributed by atoms with Gasteiger partial charge in [0, 0.05) is 31.7 Å². The molecule has 0 saturated carbocycles. The Labute approximate surface area is 208 Å². The van der Waals surface area contributed by atoms with E-state index in [0.29, 0.717) is 23.1 Å². The molecule has 1 aliphatic heterocycles. The van der Waals surface area contributed by atoms with Crippen LogP contribution in [0.25, 0.3) is 11.0 Å². The number of hydrogen-bond acceptors (Lipinski definition) is 7. The highest BCUT2D eigenvalue weighted by molar-refractivity contribution is 5.92. The summed E-state index contributed by atoms with van der Waals surface area (Å²) in [5.41, 5.74) is 7.39. The van der Waals surface area contributed by atoms with Gasteiger partial charge in [0.25, 0.3) is 5.56 Å². The van der Waals surface area contributed by atoms with E-state index in [0.717, 1.165) is 37.7 Å². The molecule has 4 rings (SSSR count). The second-order valence-corrected chi connectivity index (χ2v) is 7.87. The van der Waals surface area contributed by atoms with Crippen molar-refractivity contribution in [2.24, 2.45) is 5.73 Å². The molecule has 1 fully saturated rings. The third-order valence-electron chi connectivity index (χ3n) is 5.36. The van der Waals surface area contributed by atoms with Gasteiger partial charge in [0.05, 0.1) is 19.3 Å². The number of nitrogens with two attached hydrogens (primary N) is 1. The van der Waals surface area contributed by atoms with Crippen LogP contribution in [0.5, 0.6) is 0 Å². The van der Waals surface area contributed by atoms with Crippen LogP contribution in [0.4, 0.5) is 19.1 Å². The van der Waals surface area contributed by atoms with E-state index in [2.05, 4.69) is 27.2 Å². The average molecular weight is 519 g/mol. The van der Waals surface area contributed by atoms with Crippen LogP contribution in [0.15, 0.2) is 35.3 Å². The fourth-order valence-electron chi connectivity index (χ4n) is 3.55. The monoisotopic (exact) mass is 519 g/mol. The van der Waals surface area contributed by atoms with Crippen LogP contribution in [0.3, 0.4) is 0 Å². The highest BCUT2D eigenvalue weighted by Crippen LogP contribution is 2.20. The van der Waals surface area contributed by atoms with E-state index in [1.165, 1.54) is 4.68 Å². The van der Waals surface area contributed by atoms with Crippen molar-refractivity contribution in [3.05, 3.63) is 51.9 Å². The Morgan fingerprint density at radius 1 is 1.19 bits per heavy atom. The van der Waals surface area contributed by atoms with Gasteiger partial charge in [-0.1, -0.05) is 18.1 Å². The van der Waals surface area contributed by atoms with Crippen LogP contribution in [0, 0.1) is 11.8 Å². The van der Waals surface area contributed by atoms with E-state index in [-0.39, 0.29) is 12.1 Å². The third-order valence-corrected chi connectivity index (χ3v) is 5.36. The molecule has 1 aromatic carbocycles. The lowest BCUT2D eigenvalue weighted by Gasteiger charge is -2.28. The number of imidazole rings is 1. The minimum Gasteiger partial charge on any atom is -0.475 e. The number of carbonyl (C=O) groups is 2. The van der Waals surface area contributed by atoms with Crippen LogP contribution in [0.1, 0.15) is 22.8 Å². The van der Waals surface area contributed by atoms with Crippen LogP contribution < -0.4 is 21.5 Å². The number of aromatic nitrogens is 4. The van der Waals surface area contributed by atoms with E-state index < -0.39 is 18.1 Å². The number of rotatable bonds is 5. The van der Waals surface area contributed by atoms with E-state index in [1.54, 1.807) is 37.4 Å². The standard InChI is InChI=1S/C21H23N7O2.C2HF3O2/c1-2-3-10-27-18-17(25-21(27)26-11-8-23-9-12-26)13-24-28(20(18)30)14-15-4-6-16(7-5-15)19(22)29;3-2(4,5)1(6)7/h4-7,13,23H,8-12,14H2,1H3,(H2,22,29);(H,6,7). The summed E-state index contributed by atoms with van der Waals surface area (Å²) in [5, 5.41) is 14.8. The van der Waals surface area contributed by atoms with Crippen molar-refractivity contribution in [1.29, 1.82) is 0 Å². The quantitative estimate of drug-likeness (QED) is 0.420. The van der Waals surface area contributed by atoms with Crippen LogP contribution in [-0.2, 0) is 17.9 Å². The highest BCUT2D eigenvalue weighted by Gasteiger charge is 2.38. The molecule has 2 aromatic heterocycles. The molecule has 1 aliphatic rings. The molecule has 0 spiro atoms. The maximum Gasteiger partial charge on any atom is 0.490 e. The maximum absolute atomic E-state index is 13.3. The summed E-state index contributed by atoms with van der Waals surface area (Å²) in [6.07, 6.45) is -3.46. The lowest BCUT2D eigenvalue weighted by Crippen LogP contribution is -2.44. The topological polar surface area (TPSA) is 148 Å². The minimum atomic E-state index is -5.08. The zero-order valence-corrected chi connectivity index (χ0v) is 19.7. The fraction of sp³-hybridized carbons (Fsp3) is 0.348. The summed E-state index contributed by atoms with van der Waals surface area (Å²) in [4.78, 5) is 40.3. The SMILES string of the molecule is CC#CCn1c(N2CCNCC2)nc2cnn(Cc3ccc(C(N)=O)cc3)c(=O)c21.O=C(O)C(F)(F)F. The molecule has 0 unspecified atom stereocenters. The number of alkyl halides is 3. The largest absolute Gasteiger partial charge is 0.490 e.